The molecule has 0 saturated carbocycles. The number of hydrazone groups is 1. The van der Waals surface area contributed by atoms with Crippen LogP contribution in [-0.4, -0.2) is 44.8 Å². The second-order valence-corrected chi connectivity index (χ2v) is 7.31. The third-order valence-corrected chi connectivity index (χ3v) is 4.81. The number of nitrogens with zero attached hydrogens (tertiary/aromatic N) is 1. The molecule has 0 spiro atoms. The quantitative estimate of drug-likeness (QED) is 0.228. The van der Waals surface area contributed by atoms with Gasteiger partial charge in [-0.25, -0.2) is 5.43 Å². The maximum atomic E-state index is 12.2. The van der Waals surface area contributed by atoms with Gasteiger partial charge < -0.3 is 24.8 Å². The first-order valence-electron chi connectivity index (χ1n) is 10.9. The molecule has 0 aliphatic heterocycles. The highest BCUT2D eigenvalue weighted by Crippen LogP contribution is 2.30. The van der Waals surface area contributed by atoms with Gasteiger partial charge in [0.25, 0.3) is 5.91 Å². The van der Waals surface area contributed by atoms with Gasteiger partial charge in [-0.1, -0.05) is 42.5 Å². The van der Waals surface area contributed by atoms with Crippen LogP contribution in [0.3, 0.4) is 0 Å². The SMILES string of the molecule is COc1cccc(NC(=O)C(=O)N/N=C\c2cccc(OC)c2OCC(=O)NCc2ccccc2)c1. The fourth-order valence-corrected chi connectivity index (χ4v) is 3.03. The Morgan fingerprint density at radius 3 is 2.42 bits per heavy atom. The lowest BCUT2D eigenvalue weighted by Gasteiger charge is -2.13. The molecule has 10 heteroatoms. The molecule has 36 heavy (non-hydrogen) atoms. The summed E-state index contributed by atoms with van der Waals surface area (Å²) in [6.45, 7) is 0.108. The zero-order chi connectivity index (χ0) is 25.8. The number of methoxy groups -OCH3 is 2. The minimum absolute atomic E-state index is 0.258. The van der Waals surface area contributed by atoms with Crippen LogP contribution in [0.4, 0.5) is 5.69 Å². The molecule has 3 N–H and O–H groups in total. The van der Waals surface area contributed by atoms with Crippen molar-refractivity contribution in [1.29, 1.82) is 0 Å². The lowest BCUT2D eigenvalue weighted by atomic mass is 10.2. The molecule has 0 fully saturated rings. The van der Waals surface area contributed by atoms with Gasteiger partial charge in [0.2, 0.25) is 0 Å². The monoisotopic (exact) mass is 490 g/mol. The average molecular weight is 491 g/mol. The molecule has 3 aromatic rings. The van der Waals surface area contributed by atoms with Gasteiger partial charge in [0.15, 0.2) is 18.1 Å². The molecular weight excluding hydrogens is 464 g/mol. The Bertz CT molecular complexity index is 1230. The van der Waals surface area contributed by atoms with Crippen LogP contribution in [0.1, 0.15) is 11.1 Å². The first-order chi connectivity index (χ1) is 17.5. The molecular formula is C26H26N4O6. The van der Waals surface area contributed by atoms with Gasteiger partial charge in [0, 0.05) is 23.9 Å². The van der Waals surface area contributed by atoms with Gasteiger partial charge in [-0.15, -0.1) is 0 Å². The minimum atomic E-state index is -0.972. The van der Waals surface area contributed by atoms with E-state index in [-0.39, 0.29) is 18.3 Å². The number of amides is 3. The zero-order valence-corrected chi connectivity index (χ0v) is 19.8. The third-order valence-electron chi connectivity index (χ3n) is 4.81. The van der Waals surface area contributed by atoms with Crippen molar-refractivity contribution in [3.05, 3.63) is 83.9 Å². The molecule has 0 atom stereocenters. The fraction of sp³-hybridized carbons (Fsp3) is 0.154. The van der Waals surface area contributed by atoms with Gasteiger partial charge in [0.05, 0.1) is 20.4 Å². The zero-order valence-electron chi connectivity index (χ0n) is 19.8. The van der Waals surface area contributed by atoms with Crippen LogP contribution in [-0.2, 0) is 20.9 Å². The van der Waals surface area contributed by atoms with E-state index in [4.69, 9.17) is 14.2 Å². The van der Waals surface area contributed by atoms with Crippen molar-refractivity contribution >= 4 is 29.6 Å². The van der Waals surface area contributed by atoms with E-state index >= 15 is 0 Å². The summed E-state index contributed by atoms with van der Waals surface area (Å²) >= 11 is 0. The molecule has 10 nitrogen and oxygen atoms in total. The van der Waals surface area contributed by atoms with Crippen molar-refractivity contribution in [1.82, 2.24) is 10.7 Å². The fourth-order valence-electron chi connectivity index (χ4n) is 3.03. The molecule has 3 rings (SSSR count). The first-order valence-corrected chi connectivity index (χ1v) is 10.9. The standard InChI is InChI=1S/C26H26N4O6/c1-34-21-12-7-11-20(14-21)29-25(32)26(33)30-28-16-19-10-6-13-22(35-2)24(19)36-17-23(31)27-15-18-8-4-3-5-9-18/h3-14,16H,15,17H2,1-2H3,(H,27,31)(H,29,32)(H,30,33)/b28-16-. The number of hydrogen-bond donors (Lipinski definition) is 3. The number of hydrogen-bond acceptors (Lipinski definition) is 7. The maximum absolute atomic E-state index is 12.2. The Balaban J connectivity index is 1.58. The first kappa shape index (κ1) is 25.8. The number of carbonyl (C=O) groups excluding carboxylic acids is 3. The Hall–Kier alpha value is -4.86. The summed E-state index contributed by atoms with van der Waals surface area (Å²) in [6.07, 6.45) is 1.29. The van der Waals surface area contributed by atoms with Crippen LogP contribution in [0.2, 0.25) is 0 Å². The summed E-state index contributed by atoms with van der Waals surface area (Å²) in [5, 5.41) is 9.06. The summed E-state index contributed by atoms with van der Waals surface area (Å²) in [7, 11) is 2.96. The smallest absolute Gasteiger partial charge is 0.329 e. The van der Waals surface area contributed by atoms with Crippen LogP contribution in [0.25, 0.3) is 0 Å². The Morgan fingerprint density at radius 1 is 0.889 bits per heavy atom. The number of para-hydroxylation sites is 1. The van der Waals surface area contributed by atoms with Crippen LogP contribution >= 0.6 is 0 Å². The van der Waals surface area contributed by atoms with E-state index in [0.717, 1.165) is 5.56 Å². The van der Waals surface area contributed by atoms with E-state index in [9.17, 15) is 14.4 Å². The second kappa shape index (κ2) is 13.1. The van der Waals surface area contributed by atoms with E-state index in [2.05, 4.69) is 21.2 Å². The highest BCUT2D eigenvalue weighted by molar-refractivity contribution is 6.39. The van der Waals surface area contributed by atoms with Crippen molar-refractivity contribution in [2.24, 2.45) is 5.10 Å². The Labute approximate surface area is 208 Å². The number of carbonyl (C=O) groups is 3. The number of anilines is 1. The van der Waals surface area contributed by atoms with Crippen molar-refractivity contribution < 1.29 is 28.6 Å². The number of benzene rings is 3. The summed E-state index contributed by atoms with van der Waals surface area (Å²) in [6, 6.07) is 21.1. The van der Waals surface area contributed by atoms with Crippen molar-refractivity contribution in [3.63, 3.8) is 0 Å². The van der Waals surface area contributed by atoms with E-state index in [1.807, 2.05) is 30.3 Å². The lowest BCUT2D eigenvalue weighted by Crippen LogP contribution is -2.32. The second-order valence-electron chi connectivity index (χ2n) is 7.31. The number of ether oxygens (including phenoxy) is 3. The molecule has 3 amide bonds. The summed E-state index contributed by atoms with van der Waals surface area (Å²) in [5.41, 5.74) is 3.94. The normalized spacial score (nSPS) is 10.4. The van der Waals surface area contributed by atoms with Crippen LogP contribution < -0.4 is 30.3 Å². The molecule has 0 heterocycles. The molecule has 0 radical (unpaired) electrons. The van der Waals surface area contributed by atoms with E-state index in [0.29, 0.717) is 29.3 Å². The van der Waals surface area contributed by atoms with E-state index in [1.165, 1.54) is 20.4 Å². The van der Waals surface area contributed by atoms with E-state index < -0.39 is 11.8 Å². The number of nitrogens with one attached hydrogen (secondary N) is 3. The van der Waals surface area contributed by atoms with Crippen molar-refractivity contribution in [3.8, 4) is 17.2 Å². The molecule has 0 bridgehead atoms. The van der Waals surface area contributed by atoms with Gasteiger partial charge in [-0.3, -0.25) is 14.4 Å². The number of rotatable bonds is 10. The largest absolute Gasteiger partial charge is 0.497 e. The topological polar surface area (TPSA) is 127 Å². The third kappa shape index (κ3) is 7.59. The molecule has 0 aliphatic rings. The molecule has 0 unspecified atom stereocenters. The van der Waals surface area contributed by atoms with Gasteiger partial charge in [-0.2, -0.15) is 5.10 Å². The van der Waals surface area contributed by atoms with Crippen molar-refractivity contribution in [2.45, 2.75) is 6.54 Å². The van der Waals surface area contributed by atoms with Crippen molar-refractivity contribution in [2.75, 3.05) is 26.1 Å². The molecule has 186 valence electrons. The molecule has 3 aromatic carbocycles. The van der Waals surface area contributed by atoms with Crippen LogP contribution in [0.15, 0.2) is 77.9 Å². The predicted molar refractivity (Wildman–Crippen MR) is 134 cm³/mol. The lowest BCUT2D eigenvalue weighted by molar-refractivity contribution is -0.136. The minimum Gasteiger partial charge on any atom is -0.497 e. The van der Waals surface area contributed by atoms with Gasteiger partial charge in [-0.05, 0) is 29.8 Å². The Kier molecular flexibility index (Phi) is 9.40. The summed E-state index contributed by atoms with van der Waals surface area (Å²) in [4.78, 5) is 36.5. The summed E-state index contributed by atoms with van der Waals surface area (Å²) < 4.78 is 16.1. The molecule has 0 aromatic heterocycles. The van der Waals surface area contributed by atoms with Crippen LogP contribution in [0.5, 0.6) is 17.2 Å². The summed E-state index contributed by atoms with van der Waals surface area (Å²) in [5.74, 6) is -1.04. The van der Waals surface area contributed by atoms with Gasteiger partial charge in [0.1, 0.15) is 5.75 Å². The average Bonchev–Trinajstić information content (AvgIpc) is 2.91. The Morgan fingerprint density at radius 2 is 1.67 bits per heavy atom. The highest BCUT2D eigenvalue weighted by Gasteiger charge is 2.15. The van der Waals surface area contributed by atoms with Crippen LogP contribution in [0, 0.1) is 0 Å². The maximum Gasteiger partial charge on any atom is 0.329 e. The molecule has 0 saturated heterocycles. The highest BCUT2D eigenvalue weighted by atomic mass is 16.5. The van der Waals surface area contributed by atoms with E-state index in [1.54, 1.807) is 42.5 Å². The molecule has 0 aliphatic carbocycles. The predicted octanol–water partition coefficient (Wildman–Crippen LogP) is 2.49. The van der Waals surface area contributed by atoms with Gasteiger partial charge >= 0.3 is 11.8 Å².